The van der Waals surface area contributed by atoms with Crippen molar-refractivity contribution in [1.29, 1.82) is 0 Å². The van der Waals surface area contributed by atoms with Crippen molar-refractivity contribution in [2.45, 2.75) is 17.6 Å². The van der Waals surface area contributed by atoms with Crippen LogP contribution in [0, 0.1) is 0 Å². The molecule has 4 nitrogen and oxygen atoms in total. The fourth-order valence-electron chi connectivity index (χ4n) is 2.65. The summed E-state index contributed by atoms with van der Waals surface area (Å²) in [6.45, 7) is 0. The van der Waals surface area contributed by atoms with E-state index in [0.717, 1.165) is 0 Å². The summed E-state index contributed by atoms with van der Waals surface area (Å²) in [5.41, 5.74) is -4.24. The highest BCUT2D eigenvalue weighted by molar-refractivity contribution is 7.90. The van der Waals surface area contributed by atoms with Crippen molar-refractivity contribution in [3.8, 4) is 0 Å². The highest BCUT2D eigenvalue weighted by Gasteiger charge is 2.48. The molecule has 0 unspecified atom stereocenters. The van der Waals surface area contributed by atoms with E-state index in [9.17, 15) is 21.6 Å². The number of hydrogen-bond acceptors (Lipinski definition) is 3. The van der Waals surface area contributed by atoms with Gasteiger partial charge in [0.25, 0.3) is 0 Å². The second-order valence-electron chi connectivity index (χ2n) is 5.77. The largest absolute Gasteiger partial charge is 0.511 e. The quantitative estimate of drug-likeness (QED) is 0.845. The van der Waals surface area contributed by atoms with Gasteiger partial charge in [-0.05, 0) is 25.2 Å². The summed E-state index contributed by atoms with van der Waals surface area (Å²) in [5.74, 6) is 0. The molecule has 2 aromatic carbocycles. The first kappa shape index (κ1) is 19.4. The van der Waals surface area contributed by atoms with Gasteiger partial charge in [0.05, 0.1) is 12.1 Å². The summed E-state index contributed by atoms with van der Waals surface area (Å²) in [6.07, 6.45) is 0. The Morgan fingerprint density at radius 2 is 1.32 bits per heavy atom. The predicted octanol–water partition coefficient (Wildman–Crippen LogP) is 3.47. The lowest BCUT2D eigenvalue weighted by Gasteiger charge is -2.33. The van der Waals surface area contributed by atoms with Gasteiger partial charge in [-0.1, -0.05) is 60.7 Å². The van der Waals surface area contributed by atoms with E-state index in [4.69, 9.17) is 0 Å². The Bertz CT molecular complexity index is 779. The SMILES string of the molecule is CN(C)[C@H](c1ccccc1)[C@H](NS(=O)(=O)C(F)(F)F)c1ccccc1. The molecule has 2 aromatic rings. The Labute approximate surface area is 145 Å². The van der Waals surface area contributed by atoms with Gasteiger partial charge in [-0.2, -0.15) is 17.9 Å². The van der Waals surface area contributed by atoms with Crippen LogP contribution in [0.5, 0.6) is 0 Å². The molecule has 25 heavy (non-hydrogen) atoms. The summed E-state index contributed by atoms with van der Waals surface area (Å²) < 4.78 is 64.1. The molecule has 0 spiro atoms. The van der Waals surface area contributed by atoms with Crippen LogP contribution in [-0.4, -0.2) is 32.9 Å². The number of nitrogens with one attached hydrogen (secondary N) is 1. The summed E-state index contributed by atoms with van der Waals surface area (Å²) in [4.78, 5) is 1.69. The van der Waals surface area contributed by atoms with Crippen LogP contribution in [0.25, 0.3) is 0 Å². The Kier molecular flexibility index (Phi) is 5.87. The van der Waals surface area contributed by atoms with Crippen molar-refractivity contribution >= 4 is 10.0 Å². The lowest BCUT2D eigenvalue weighted by molar-refractivity contribution is -0.0453. The van der Waals surface area contributed by atoms with Crippen molar-refractivity contribution in [3.05, 3.63) is 71.8 Å². The third-order valence-corrected chi connectivity index (χ3v) is 4.93. The maximum absolute atomic E-state index is 12.9. The highest BCUT2D eigenvalue weighted by atomic mass is 32.2. The third kappa shape index (κ3) is 4.59. The molecule has 0 amide bonds. The first-order chi connectivity index (χ1) is 11.6. The molecule has 0 aliphatic carbocycles. The van der Waals surface area contributed by atoms with Crippen molar-refractivity contribution in [1.82, 2.24) is 9.62 Å². The van der Waals surface area contributed by atoms with E-state index in [2.05, 4.69) is 0 Å². The van der Waals surface area contributed by atoms with Gasteiger partial charge < -0.3 is 4.90 Å². The van der Waals surface area contributed by atoms with Gasteiger partial charge in [-0.25, -0.2) is 8.42 Å². The van der Waals surface area contributed by atoms with E-state index in [1.54, 1.807) is 79.7 Å². The number of rotatable bonds is 6. The van der Waals surface area contributed by atoms with Gasteiger partial charge in [-0.3, -0.25) is 0 Å². The van der Waals surface area contributed by atoms with Crippen LogP contribution in [0.4, 0.5) is 13.2 Å². The molecular weight excluding hydrogens is 353 g/mol. The Hall–Kier alpha value is -1.90. The molecule has 2 rings (SSSR count). The molecule has 0 aliphatic rings. The molecule has 1 N–H and O–H groups in total. The number of nitrogens with zero attached hydrogens (tertiary/aromatic N) is 1. The second-order valence-corrected chi connectivity index (χ2v) is 7.48. The summed E-state index contributed by atoms with van der Waals surface area (Å²) in [5, 5.41) is 0. The maximum atomic E-state index is 12.9. The van der Waals surface area contributed by atoms with Crippen LogP contribution in [0.2, 0.25) is 0 Å². The molecular formula is C17H19F3N2O2S. The minimum absolute atomic E-state index is 0.442. The van der Waals surface area contributed by atoms with Gasteiger partial charge in [0.2, 0.25) is 0 Å². The summed E-state index contributed by atoms with van der Waals surface area (Å²) in [7, 11) is -2.13. The van der Waals surface area contributed by atoms with E-state index in [0.29, 0.717) is 11.1 Å². The van der Waals surface area contributed by atoms with Crippen LogP contribution in [0.1, 0.15) is 23.2 Å². The van der Waals surface area contributed by atoms with Crippen LogP contribution >= 0.6 is 0 Å². The number of alkyl halides is 3. The number of halogens is 3. The van der Waals surface area contributed by atoms with E-state index in [1.807, 2.05) is 4.72 Å². The van der Waals surface area contributed by atoms with Gasteiger partial charge in [0.15, 0.2) is 0 Å². The molecule has 0 heterocycles. The average molecular weight is 372 g/mol. The normalized spacial score (nSPS) is 15.1. The van der Waals surface area contributed by atoms with Crippen molar-refractivity contribution in [2.75, 3.05) is 14.1 Å². The van der Waals surface area contributed by atoms with Gasteiger partial charge in [-0.15, -0.1) is 0 Å². The topological polar surface area (TPSA) is 49.4 Å². The molecule has 136 valence electrons. The first-order valence-electron chi connectivity index (χ1n) is 7.48. The second kappa shape index (κ2) is 7.55. The third-order valence-electron chi connectivity index (χ3n) is 3.76. The summed E-state index contributed by atoms with van der Waals surface area (Å²) >= 11 is 0. The van der Waals surface area contributed by atoms with Crippen molar-refractivity contribution in [2.24, 2.45) is 0 Å². The molecule has 0 saturated carbocycles. The monoisotopic (exact) mass is 372 g/mol. The minimum Gasteiger partial charge on any atom is -0.301 e. The molecule has 0 aliphatic heterocycles. The van der Waals surface area contributed by atoms with Crippen LogP contribution in [0.15, 0.2) is 60.7 Å². The van der Waals surface area contributed by atoms with Crippen molar-refractivity contribution < 1.29 is 21.6 Å². The van der Waals surface area contributed by atoms with Crippen LogP contribution in [0.3, 0.4) is 0 Å². The van der Waals surface area contributed by atoms with E-state index >= 15 is 0 Å². The van der Waals surface area contributed by atoms with E-state index < -0.39 is 27.6 Å². The molecule has 0 fully saturated rings. The number of benzene rings is 2. The lowest BCUT2D eigenvalue weighted by atomic mass is 9.93. The molecule has 2 atom stereocenters. The highest BCUT2D eigenvalue weighted by Crippen LogP contribution is 2.35. The number of sulfonamides is 1. The molecule has 8 heteroatoms. The number of hydrogen-bond donors (Lipinski definition) is 1. The van der Waals surface area contributed by atoms with Gasteiger partial charge in [0.1, 0.15) is 0 Å². The standard InChI is InChI=1S/C17H19F3N2O2S/c1-22(2)16(14-11-7-4-8-12-14)15(13-9-5-3-6-10-13)21-25(23,24)17(18,19)20/h3-12,15-16,21H,1-2H3/t15-,16-/m1/s1. The minimum atomic E-state index is -5.51. The van der Waals surface area contributed by atoms with E-state index in [-0.39, 0.29) is 0 Å². The zero-order chi connectivity index (χ0) is 18.7. The molecule has 0 radical (unpaired) electrons. The van der Waals surface area contributed by atoms with Gasteiger partial charge >= 0.3 is 15.5 Å². The van der Waals surface area contributed by atoms with Crippen LogP contribution in [-0.2, 0) is 10.0 Å². The average Bonchev–Trinajstić information content (AvgIpc) is 2.54. The van der Waals surface area contributed by atoms with Crippen LogP contribution < -0.4 is 4.72 Å². The molecule has 0 bridgehead atoms. The zero-order valence-corrected chi connectivity index (χ0v) is 14.6. The predicted molar refractivity (Wildman–Crippen MR) is 90.2 cm³/mol. The van der Waals surface area contributed by atoms with Crippen molar-refractivity contribution in [3.63, 3.8) is 0 Å². The lowest BCUT2D eigenvalue weighted by Crippen LogP contribution is -2.43. The van der Waals surface area contributed by atoms with Gasteiger partial charge in [0, 0.05) is 0 Å². The smallest absolute Gasteiger partial charge is 0.301 e. The fourth-order valence-corrected chi connectivity index (χ4v) is 3.38. The maximum Gasteiger partial charge on any atom is 0.511 e. The number of likely N-dealkylation sites (N-methyl/N-ethyl adjacent to an activating group) is 1. The zero-order valence-electron chi connectivity index (χ0n) is 13.7. The first-order valence-corrected chi connectivity index (χ1v) is 8.97. The molecule has 0 aromatic heterocycles. The Morgan fingerprint density at radius 3 is 1.72 bits per heavy atom. The fraction of sp³-hybridized carbons (Fsp3) is 0.294. The molecule has 0 saturated heterocycles. The van der Waals surface area contributed by atoms with E-state index in [1.165, 1.54) is 0 Å². The summed E-state index contributed by atoms with van der Waals surface area (Å²) in [6, 6.07) is 15.3. The Morgan fingerprint density at radius 1 is 0.880 bits per heavy atom. The Balaban J connectivity index is 2.54.